The minimum atomic E-state index is -1.15. The van der Waals surface area contributed by atoms with Crippen molar-refractivity contribution in [2.45, 2.75) is 44.8 Å². The first kappa shape index (κ1) is 24.6. The lowest BCUT2D eigenvalue weighted by Crippen LogP contribution is -2.53. The molecule has 2 aliphatic heterocycles. The highest BCUT2D eigenvalue weighted by Crippen LogP contribution is 2.37. The fraction of sp³-hybridized carbons (Fsp3) is 0.400. The Balaban J connectivity index is 1.68. The van der Waals surface area contributed by atoms with Gasteiger partial charge in [-0.1, -0.05) is 19.1 Å². The topological polar surface area (TPSA) is 114 Å². The Bertz CT molecular complexity index is 1120. The lowest BCUT2D eigenvalue weighted by atomic mass is 9.90. The van der Waals surface area contributed by atoms with Crippen molar-refractivity contribution in [3.05, 3.63) is 59.2 Å². The Labute approximate surface area is 201 Å². The van der Waals surface area contributed by atoms with Gasteiger partial charge in [0.05, 0.1) is 0 Å². The number of fused-ring (bicyclic) bond motifs is 1. The van der Waals surface area contributed by atoms with Crippen LogP contribution in [-0.4, -0.2) is 41.9 Å². The van der Waals surface area contributed by atoms with E-state index in [-0.39, 0.29) is 24.8 Å². The Kier molecular flexibility index (Phi) is 7.30. The average molecular weight is 487 g/mol. The van der Waals surface area contributed by atoms with Crippen LogP contribution < -0.4 is 16.4 Å². The lowest BCUT2D eigenvalue weighted by Gasteiger charge is -2.34. The number of carbonyl (C=O) groups excluding carboxylic acids is 3. The van der Waals surface area contributed by atoms with Crippen LogP contribution in [0.25, 0.3) is 0 Å². The Hall–Kier alpha value is -3.53. The van der Waals surface area contributed by atoms with E-state index in [0.29, 0.717) is 42.9 Å². The van der Waals surface area contributed by atoms with Gasteiger partial charge in [-0.2, -0.15) is 0 Å². The van der Waals surface area contributed by atoms with E-state index in [0.717, 1.165) is 12.1 Å². The van der Waals surface area contributed by atoms with Gasteiger partial charge in [0, 0.05) is 31.9 Å². The van der Waals surface area contributed by atoms with Crippen LogP contribution in [0.15, 0.2) is 36.4 Å². The lowest BCUT2D eigenvalue weighted by molar-refractivity contribution is -0.144. The number of anilines is 2. The predicted octanol–water partition coefficient (Wildman–Crippen LogP) is 2.89. The molecule has 1 fully saturated rings. The highest BCUT2D eigenvalue weighted by molar-refractivity contribution is 6.00. The van der Waals surface area contributed by atoms with E-state index < -0.39 is 41.2 Å². The second kappa shape index (κ2) is 10.4. The standard InChI is InChI=1S/C25H28F2N4O4/c1-2-20(32)29-21(14-8-10-35-11-9-14)25(34)31-13-15-12-16(28)6-7-17(15)23(31)24(33)30-22-18(26)4-3-5-19(22)27/h3-7,12,14,21,23H,2,8-11,13,28H2,1H3,(H,29,32)(H,30,33)/t21-,23-/m0/s1. The molecule has 35 heavy (non-hydrogen) atoms. The molecule has 2 aliphatic rings. The van der Waals surface area contributed by atoms with Gasteiger partial charge in [0.15, 0.2) is 0 Å². The highest BCUT2D eigenvalue weighted by atomic mass is 19.1. The number of hydrogen-bond acceptors (Lipinski definition) is 5. The van der Waals surface area contributed by atoms with Crippen LogP contribution in [0.3, 0.4) is 0 Å². The first-order valence-corrected chi connectivity index (χ1v) is 11.6. The largest absolute Gasteiger partial charge is 0.399 e. The molecular formula is C25H28F2N4O4. The summed E-state index contributed by atoms with van der Waals surface area (Å²) in [7, 11) is 0. The van der Waals surface area contributed by atoms with Crippen molar-refractivity contribution < 1.29 is 27.9 Å². The number of carbonyl (C=O) groups is 3. The SMILES string of the molecule is CCC(=O)N[C@H](C(=O)N1Cc2cc(N)ccc2[C@H]1C(=O)Nc1c(F)cccc1F)C1CCOCC1. The summed E-state index contributed by atoms with van der Waals surface area (Å²) in [4.78, 5) is 40.9. The second-order valence-electron chi connectivity index (χ2n) is 8.76. The molecule has 0 saturated carbocycles. The zero-order valence-corrected chi connectivity index (χ0v) is 19.4. The maximum absolute atomic E-state index is 14.2. The van der Waals surface area contributed by atoms with Crippen LogP contribution in [0.5, 0.6) is 0 Å². The first-order chi connectivity index (χ1) is 16.8. The van der Waals surface area contributed by atoms with E-state index in [1.807, 2.05) is 0 Å². The van der Waals surface area contributed by atoms with Crippen LogP contribution in [0, 0.1) is 17.6 Å². The van der Waals surface area contributed by atoms with Gasteiger partial charge in [-0.3, -0.25) is 14.4 Å². The molecule has 1 saturated heterocycles. The van der Waals surface area contributed by atoms with Gasteiger partial charge in [-0.15, -0.1) is 0 Å². The summed E-state index contributed by atoms with van der Waals surface area (Å²) in [6.07, 6.45) is 1.34. The molecule has 2 heterocycles. The Morgan fingerprint density at radius 2 is 1.83 bits per heavy atom. The van der Waals surface area contributed by atoms with Crippen molar-refractivity contribution in [1.82, 2.24) is 10.2 Å². The smallest absolute Gasteiger partial charge is 0.252 e. The number of hydrogen-bond donors (Lipinski definition) is 3. The third-order valence-corrected chi connectivity index (χ3v) is 6.50. The number of nitrogens with one attached hydrogen (secondary N) is 2. The van der Waals surface area contributed by atoms with Crippen molar-refractivity contribution in [3.63, 3.8) is 0 Å². The summed E-state index contributed by atoms with van der Waals surface area (Å²) in [5.74, 6) is -3.52. The van der Waals surface area contributed by atoms with Crippen molar-refractivity contribution in [3.8, 4) is 0 Å². The molecule has 4 rings (SSSR count). The molecule has 0 spiro atoms. The minimum Gasteiger partial charge on any atom is -0.399 e. The zero-order chi connectivity index (χ0) is 25.1. The minimum absolute atomic E-state index is 0.0682. The molecule has 0 radical (unpaired) electrons. The van der Waals surface area contributed by atoms with Crippen LogP contribution >= 0.6 is 0 Å². The van der Waals surface area contributed by atoms with Gasteiger partial charge in [-0.05, 0) is 54.2 Å². The number of halogens is 2. The summed E-state index contributed by atoms with van der Waals surface area (Å²) in [5, 5.41) is 5.13. The molecule has 0 unspecified atom stereocenters. The summed E-state index contributed by atoms with van der Waals surface area (Å²) in [6.45, 7) is 2.68. The van der Waals surface area contributed by atoms with Gasteiger partial charge < -0.3 is 26.0 Å². The van der Waals surface area contributed by atoms with E-state index >= 15 is 0 Å². The summed E-state index contributed by atoms with van der Waals surface area (Å²) in [5.41, 5.74) is 6.95. The number of rotatable bonds is 6. The summed E-state index contributed by atoms with van der Waals surface area (Å²) in [6, 6.07) is 6.15. The van der Waals surface area contributed by atoms with E-state index in [4.69, 9.17) is 10.5 Å². The molecule has 0 bridgehead atoms. The van der Waals surface area contributed by atoms with Gasteiger partial charge in [-0.25, -0.2) is 8.78 Å². The molecule has 2 aromatic rings. The van der Waals surface area contributed by atoms with Crippen molar-refractivity contribution >= 4 is 29.1 Å². The maximum atomic E-state index is 14.2. The fourth-order valence-electron chi connectivity index (χ4n) is 4.65. The molecule has 4 N–H and O–H groups in total. The monoisotopic (exact) mass is 486 g/mol. The maximum Gasteiger partial charge on any atom is 0.252 e. The van der Waals surface area contributed by atoms with Crippen molar-refractivity contribution in [1.29, 1.82) is 0 Å². The van der Waals surface area contributed by atoms with Crippen LogP contribution in [0.4, 0.5) is 20.2 Å². The van der Waals surface area contributed by atoms with Gasteiger partial charge >= 0.3 is 0 Å². The van der Waals surface area contributed by atoms with Gasteiger partial charge in [0.25, 0.3) is 5.91 Å². The average Bonchev–Trinajstić information content (AvgIpc) is 3.23. The Morgan fingerprint density at radius 3 is 2.49 bits per heavy atom. The Morgan fingerprint density at radius 1 is 1.14 bits per heavy atom. The molecule has 0 aromatic heterocycles. The highest BCUT2D eigenvalue weighted by Gasteiger charge is 2.43. The van der Waals surface area contributed by atoms with E-state index in [1.165, 1.54) is 11.0 Å². The van der Waals surface area contributed by atoms with E-state index in [1.54, 1.807) is 25.1 Å². The number of para-hydroxylation sites is 1. The van der Waals surface area contributed by atoms with Gasteiger partial charge in [0.1, 0.15) is 29.4 Å². The zero-order valence-electron chi connectivity index (χ0n) is 19.4. The molecule has 3 amide bonds. The number of benzene rings is 2. The first-order valence-electron chi connectivity index (χ1n) is 11.6. The predicted molar refractivity (Wildman–Crippen MR) is 125 cm³/mol. The molecular weight excluding hydrogens is 458 g/mol. The molecule has 10 heteroatoms. The number of nitrogens with two attached hydrogens (primary N) is 1. The normalized spacial score (nSPS) is 18.6. The van der Waals surface area contributed by atoms with Crippen LogP contribution in [0.2, 0.25) is 0 Å². The molecule has 2 aromatic carbocycles. The van der Waals surface area contributed by atoms with Gasteiger partial charge in [0.2, 0.25) is 11.8 Å². The summed E-state index contributed by atoms with van der Waals surface area (Å²) >= 11 is 0. The van der Waals surface area contributed by atoms with E-state index in [2.05, 4.69) is 10.6 Å². The third-order valence-electron chi connectivity index (χ3n) is 6.50. The number of amides is 3. The molecule has 2 atom stereocenters. The van der Waals surface area contributed by atoms with E-state index in [9.17, 15) is 23.2 Å². The number of nitrogen functional groups attached to an aromatic ring is 1. The summed E-state index contributed by atoms with van der Waals surface area (Å²) < 4.78 is 33.9. The van der Waals surface area contributed by atoms with Crippen LogP contribution in [-0.2, 0) is 25.7 Å². The fourth-order valence-corrected chi connectivity index (χ4v) is 4.65. The second-order valence-corrected chi connectivity index (χ2v) is 8.76. The van der Waals surface area contributed by atoms with Crippen molar-refractivity contribution in [2.75, 3.05) is 24.3 Å². The number of nitrogens with zero attached hydrogens (tertiary/aromatic N) is 1. The van der Waals surface area contributed by atoms with Crippen LogP contribution in [0.1, 0.15) is 43.4 Å². The quantitative estimate of drug-likeness (QED) is 0.544. The molecule has 8 nitrogen and oxygen atoms in total. The van der Waals surface area contributed by atoms with Crippen molar-refractivity contribution in [2.24, 2.45) is 5.92 Å². The third kappa shape index (κ3) is 5.12. The molecule has 186 valence electrons. The molecule has 0 aliphatic carbocycles. The number of ether oxygens (including phenoxy) is 1.